The predicted molar refractivity (Wildman–Crippen MR) is 110 cm³/mol. The lowest BCUT2D eigenvalue weighted by atomic mass is 9.71. The quantitative estimate of drug-likeness (QED) is 0.591. The van der Waals surface area contributed by atoms with Gasteiger partial charge in [-0.1, -0.05) is 27.7 Å². The van der Waals surface area contributed by atoms with Crippen LogP contribution >= 0.6 is 11.6 Å². The Labute approximate surface area is 175 Å². The van der Waals surface area contributed by atoms with Gasteiger partial charge in [-0.25, -0.2) is 13.8 Å². The molecule has 4 N–H and O–H groups in total. The number of fused-ring (bicyclic) bond motifs is 1. The first-order valence-corrected chi connectivity index (χ1v) is 9.54. The van der Waals surface area contributed by atoms with Gasteiger partial charge in [-0.05, 0) is 24.4 Å². The van der Waals surface area contributed by atoms with E-state index in [1.165, 1.54) is 27.1 Å². The summed E-state index contributed by atoms with van der Waals surface area (Å²) in [5.41, 5.74) is 4.09. The predicted octanol–water partition coefficient (Wildman–Crippen LogP) is 3.17. The van der Waals surface area contributed by atoms with Crippen LogP contribution in [0.4, 0.5) is 14.6 Å². The summed E-state index contributed by atoms with van der Waals surface area (Å²) in [6.07, 6.45) is 1.19. The normalized spacial score (nSPS) is 15.4. The minimum atomic E-state index is -3.39. The number of nitrogens with two attached hydrogens (primary N) is 1. The molecule has 168 valence electrons. The molecule has 2 aromatic rings. The highest BCUT2D eigenvalue weighted by atomic mass is 35.5. The third kappa shape index (κ3) is 5.50. The molecule has 0 spiro atoms. The van der Waals surface area contributed by atoms with Crippen molar-refractivity contribution in [1.82, 2.24) is 19.5 Å². The molecule has 0 radical (unpaired) electrons. The molecule has 8 nitrogen and oxygen atoms in total. The summed E-state index contributed by atoms with van der Waals surface area (Å²) in [6.45, 7) is 6.70. The fraction of sp³-hybridized carbons (Fsp3) is 0.722. The number of aliphatic hydroxyl groups excluding tert-OH is 2. The molecule has 2 rings (SSSR count). The molecule has 11 heteroatoms. The molecule has 0 saturated heterocycles. The van der Waals surface area contributed by atoms with Gasteiger partial charge in [0.2, 0.25) is 5.28 Å². The molecule has 0 bridgehead atoms. The van der Waals surface area contributed by atoms with E-state index in [1.54, 1.807) is 14.2 Å². The van der Waals surface area contributed by atoms with E-state index in [0.717, 1.165) is 4.57 Å². The van der Waals surface area contributed by atoms with E-state index in [-0.39, 0.29) is 22.3 Å². The number of aromatic nitrogens is 4. The number of nitrogens with zero attached hydrogens (tertiary/aromatic N) is 4. The number of ether oxygens (including phenoxy) is 1. The average molecular weight is 440 g/mol. The van der Waals surface area contributed by atoms with E-state index in [9.17, 15) is 10.2 Å². The summed E-state index contributed by atoms with van der Waals surface area (Å²) in [5, 5.41) is 18.7. The van der Waals surface area contributed by atoms with Gasteiger partial charge < -0.3 is 25.3 Å². The smallest absolute Gasteiger partial charge is 0.275 e. The Balaban J connectivity index is 0.00000143. The topological polar surface area (TPSA) is 119 Å². The first-order chi connectivity index (χ1) is 13.5. The maximum Gasteiger partial charge on any atom is 0.275 e. The van der Waals surface area contributed by atoms with Crippen LogP contribution in [0.2, 0.25) is 5.28 Å². The Kier molecular flexibility index (Phi) is 10.9. The number of hydrogen-bond donors (Lipinski definition) is 3. The lowest BCUT2D eigenvalue weighted by Crippen LogP contribution is -2.51. The molecule has 2 aromatic heterocycles. The summed E-state index contributed by atoms with van der Waals surface area (Å²) in [6, 6.07) is -1.42. The van der Waals surface area contributed by atoms with Crippen LogP contribution in [0.3, 0.4) is 0 Å². The monoisotopic (exact) mass is 439 g/mol. The van der Waals surface area contributed by atoms with Crippen LogP contribution < -0.4 is 5.73 Å². The fourth-order valence-corrected chi connectivity index (χ4v) is 2.81. The Morgan fingerprint density at radius 2 is 1.76 bits per heavy atom. The molecule has 29 heavy (non-hydrogen) atoms. The van der Waals surface area contributed by atoms with Gasteiger partial charge in [-0.2, -0.15) is 9.97 Å². The third-order valence-electron chi connectivity index (χ3n) is 4.81. The molecule has 0 fully saturated rings. The Morgan fingerprint density at radius 3 is 2.21 bits per heavy atom. The molecule has 0 aliphatic carbocycles. The maximum atomic E-state index is 15.2. The zero-order valence-corrected chi connectivity index (χ0v) is 18.7. The number of nitrogen functional groups attached to an aromatic ring is 1. The van der Waals surface area contributed by atoms with Crippen molar-refractivity contribution in [2.75, 3.05) is 33.2 Å². The van der Waals surface area contributed by atoms with Crippen molar-refractivity contribution in [2.24, 2.45) is 11.3 Å². The largest absolute Gasteiger partial charge is 0.396 e. The number of alkyl halides is 2. The van der Waals surface area contributed by atoms with Crippen LogP contribution in [0.5, 0.6) is 0 Å². The molecule has 2 heterocycles. The molecule has 0 aliphatic rings. The molecule has 0 aromatic carbocycles. The summed E-state index contributed by atoms with van der Waals surface area (Å²) >= 11 is 5.76. The maximum absolute atomic E-state index is 15.2. The van der Waals surface area contributed by atoms with Crippen LogP contribution in [0, 0.1) is 11.3 Å². The van der Waals surface area contributed by atoms with Gasteiger partial charge in [0.15, 0.2) is 11.5 Å². The minimum absolute atomic E-state index is 0.00656. The molecule has 0 amide bonds. The van der Waals surface area contributed by atoms with Crippen LogP contribution in [0.1, 0.15) is 40.7 Å². The first kappa shape index (κ1) is 27.4. The van der Waals surface area contributed by atoms with E-state index in [2.05, 4.69) is 19.7 Å². The van der Waals surface area contributed by atoms with Gasteiger partial charge in [0.05, 0.1) is 24.4 Å². The zero-order chi connectivity index (χ0) is 23.0. The lowest BCUT2D eigenvalue weighted by molar-refractivity contribution is -0.189. The Hall–Kier alpha value is -1.62. The summed E-state index contributed by atoms with van der Waals surface area (Å²) in [4.78, 5) is 11.6. The SMILES string of the molecule is CC.CC(n1cnc2c(N)nc(Cl)nc21)C(F)(F)C(C)(CO)C(C)CO.COC. The first-order valence-electron chi connectivity index (χ1n) is 9.16. The van der Waals surface area contributed by atoms with Crippen molar-refractivity contribution in [2.45, 2.75) is 46.6 Å². The number of methoxy groups -OCH3 is 1. The Morgan fingerprint density at radius 1 is 1.24 bits per heavy atom. The standard InChI is InChI=1S/C14H20ClF2N5O2.C2H6O.C2H6/c1-7(4-23)13(3,5-24)14(16,17)8(2)22-6-19-9-10(18)20-12(15)21-11(9)22;1-3-2;1-2/h6-8,23-24H,4-5H2,1-3H3,(H2,18,20,21);1-2H3;1-2H3. The third-order valence-corrected chi connectivity index (χ3v) is 4.98. The highest BCUT2D eigenvalue weighted by molar-refractivity contribution is 6.28. The van der Waals surface area contributed by atoms with E-state index in [4.69, 9.17) is 17.3 Å². The average Bonchev–Trinajstić information content (AvgIpc) is 3.11. The van der Waals surface area contributed by atoms with Crippen molar-refractivity contribution in [1.29, 1.82) is 0 Å². The van der Waals surface area contributed by atoms with Crippen LogP contribution in [0.25, 0.3) is 11.2 Å². The van der Waals surface area contributed by atoms with Gasteiger partial charge in [0.1, 0.15) is 5.52 Å². The van der Waals surface area contributed by atoms with Crippen molar-refractivity contribution < 1.29 is 23.7 Å². The second-order valence-corrected chi connectivity index (χ2v) is 6.91. The summed E-state index contributed by atoms with van der Waals surface area (Å²) in [5.74, 6) is -4.23. The highest BCUT2D eigenvalue weighted by Crippen LogP contribution is 2.49. The van der Waals surface area contributed by atoms with Crippen LogP contribution in [-0.4, -0.2) is 63.1 Å². The van der Waals surface area contributed by atoms with E-state index < -0.39 is 36.5 Å². The Bertz CT molecular complexity index is 762. The number of rotatable bonds is 6. The highest BCUT2D eigenvalue weighted by Gasteiger charge is 2.57. The molecule has 3 unspecified atom stereocenters. The molecular formula is C18H32ClF2N5O3. The molecule has 0 saturated carbocycles. The molecular weight excluding hydrogens is 408 g/mol. The summed E-state index contributed by atoms with van der Waals surface area (Å²) in [7, 11) is 3.25. The zero-order valence-electron chi connectivity index (χ0n) is 17.9. The van der Waals surface area contributed by atoms with E-state index in [0.29, 0.717) is 0 Å². The van der Waals surface area contributed by atoms with Crippen LogP contribution in [0.15, 0.2) is 6.33 Å². The van der Waals surface area contributed by atoms with Crippen molar-refractivity contribution in [3.63, 3.8) is 0 Å². The lowest BCUT2D eigenvalue weighted by Gasteiger charge is -2.43. The van der Waals surface area contributed by atoms with Gasteiger partial charge >= 0.3 is 0 Å². The minimum Gasteiger partial charge on any atom is -0.396 e. The number of imidazole rings is 1. The second kappa shape index (κ2) is 11.5. The van der Waals surface area contributed by atoms with Gasteiger partial charge in [-0.3, -0.25) is 0 Å². The number of halogens is 3. The summed E-state index contributed by atoms with van der Waals surface area (Å²) < 4.78 is 35.7. The van der Waals surface area contributed by atoms with E-state index in [1.807, 2.05) is 13.8 Å². The number of aliphatic hydroxyl groups is 2. The van der Waals surface area contributed by atoms with Gasteiger partial charge in [0.25, 0.3) is 5.92 Å². The molecule has 0 aliphatic heterocycles. The van der Waals surface area contributed by atoms with Crippen LogP contribution in [-0.2, 0) is 4.74 Å². The van der Waals surface area contributed by atoms with Gasteiger partial charge in [0, 0.05) is 20.8 Å². The fourth-order valence-electron chi connectivity index (χ4n) is 2.64. The van der Waals surface area contributed by atoms with E-state index >= 15 is 8.78 Å². The number of hydrogen-bond acceptors (Lipinski definition) is 7. The second-order valence-electron chi connectivity index (χ2n) is 6.57. The molecule has 3 atom stereocenters. The van der Waals surface area contributed by atoms with Gasteiger partial charge in [-0.15, -0.1) is 0 Å². The van der Waals surface area contributed by atoms with Crippen molar-refractivity contribution in [3.05, 3.63) is 11.6 Å². The number of anilines is 1. The van der Waals surface area contributed by atoms with Crippen molar-refractivity contribution >= 4 is 28.6 Å². The van der Waals surface area contributed by atoms with Crippen molar-refractivity contribution in [3.8, 4) is 0 Å².